The fourth-order valence-corrected chi connectivity index (χ4v) is 4.51. The first-order chi connectivity index (χ1) is 12.7. The van der Waals surface area contributed by atoms with Gasteiger partial charge in [-0.2, -0.15) is 0 Å². The summed E-state index contributed by atoms with van der Waals surface area (Å²) in [5, 5.41) is 6.38. The van der Waals surface area contributed by atoms with Crippen molar-refractivity contribution in [2.24, 2.45) is 0 Å². The number of carbonyl (C=O) groups excluding carboxylic acids is 1. The maximum absolute atomic E-state index is 12.9. The molecule has 1 aromatic heterocycles. The molecule has 5 nitrogen and oxygen atoms in total. The number of nitrogens with one attached hydrogen (secondary N) is 1. The lowest BCUT2D eigenvalue weighted by Crippen LogP contribution is -2.39. The van der Waals surface area contributed by atoms with E-state index in [4.69, 9.17) is 4.74 Å². The van der Waals surface area contributed by atoms with Gasteiger partial charge < -0.3 is 15.0 Å². The first-order valence-corrected chi connectivity index (χ1v) is 10.3. The number of amides is 1. The average Bonchev–Trinajstić information content (AvgIpc) is 3.27. The Labute approximate surface area is 158 Å². The minimum Gasteiger partial charge on any atom is -0.494 e. The molecule has 0 saturated carbocycles. The molecule has 2 atom stereocenters. The molecular formula is C20H25N3O2S. The third-order valence-electron chi connectivity index (χ3n) is 5.11. The van der Waals surface area contributed by atoms with Crippen molar-refractivity contribution in [1.29, 1.82) is 0 Å². The second kappa shape index (κ2) is 7.76. The summed E-state index contributed by atoms with van der Waals surface area (Å²) in [7, 11) is 0. The molecule has 2 unspecified atom stereocenters. The highest BCUT2D eigenvalue weighted by Crippen LogP contribution is 2.27. The highest BCUT2D eigenvalue weighted by Gasteiger charge is 2.32. The number of fused-ring (bicyclic) bond motifs is 2. The number of likely N-dealkylation sites (tertiary alicyclic amines) is 1. The zero-order valence-corrected chi connectivity index (χ0v) is 15.9. The Balaban J connectivity index is 1.44. The Kier molecular flexibility index (Phi) is 5.22. The summed E-state index contributed by atoms with van der Waals surface area (Å²) in [6, 6.07) is 8.97. The molecular weight excluding hydrogens is 346 g/mol. The number of aromatic nitrogens is 1. The smallest absolute Gasteiger partial charge is 0.273 e. The minimum atomic E-state index is 0.0600. The largest absolute Gasteiger partial charge is 0.494 e. The van der Waals surface area contributed by atoms with Gasteiger partial charge in [0.2, 0.25) is 0 Å². The van der Waals surface area contributed by atoms with Crippen molar-refractivity contribution in [1.82, 2.24) is 15.2 Å². The molecule has 2 bridgehead atoms. The van der Waals surface area contributed by atoms with Gasteiger partial charge in [-0.15, -0.1) is 11.3 Å². The monoisotopic (exact) mass is 371 g/mol. The predicted molar refractivity (Wildman–Crippen MR) is 104 cm³/mol. The lowest BCUT2D eigenvalue weighted by Gasteiger charge is -2.23. The number of nitrogens with zero attached hydrogens (tertiary/aromatic N) is 2. The normalized spacial score (nSPS) is 22.3. The van der Waals surface area contributed by atoms with Crippen LogP contribution in [0.25, 0.3) is 10.6 Å². The molecule has 4 rings (SSSR count). The topological polar surface area (TPSA) is 54.5 Å². The molecule has 3 heterocycles. The van der Waals surface area contributed by atoms with Gasteiger partial charge in [-0.3, -0.25) is 4.79 Å². The number of ether oxygens (including phenoxy) is 1. The van der Waals surface area contributed by atoms with Gasteiger partial charge in [-0.25, -0.2) is 4.98 Å². The van der Waals surface area contributed by atoms with Crippen LogP contribution in [0.1, 0.15) is 43.1 Å². The molecule has 2 fully saturated rings. The highest BCUT2D eigenvalue weighted by molar-refractivity contribution is 7.13. The van der Waals surface area contributed by atoms with Gasteiger partial charge >= 0.3 is 0 Å². The summed E-state index contributed by atoms with van der Waals surface area (Å²) >= 11 is 1.52. The number of thiazole rings is 1. The van der Waals surface area contributed by atoms with Crippen molar-refractivity contribution in [3.63, 3.8) is 0 Å². The fourth-order valence-electron chi connectivity index (χ4n) is 3.71. The number of rotatable bonds is 5. The molecule has 2 aromatic rings. The second-order valence-corrected chi connectivity index (χ2v) is 7.95. The van der Waals surface area contributed by atoms with Gasteiger partial charge in [-0.1, -0.05) is 6.92 Å². The van der Waals surface area contributed by atoms with Crippen molar-refractivity contribution >= 4 is 17.2 Å². The Bertz CT molecular complexity index is 759. The Morgan fingerprint density at radius 1 is 1.27 bits per heavy atom. The zero-order valence-electron chi connectivity index (χ0n) is 15.1. The SMILES string of the molecule is CCCOc1ccc(-c2nc(C(=O)N3CCC4CCC(C3)N4)cs2)cc1. The molecule has 6 heteroatoms. The summed E-state index contributed by atoms with van der Waals surface area (Å²) in [6.07, 6.45) is 4.44. The summed E-state index contributed by atoms with van der Waals surface area (Å²) in [5.41, 5.74) is 1.59. The highest BCUT2D eigenvalue weighted by atomic mass is 32.1. The van der Waals surface area contributed by atoms with E-state index < -0.39 is 0 Å². The van der Waals surface area contributed by atoms with E-state index in [2.05, 4.69) is 17.2 Å². The van der Waals surface area contributed by atoms with Crippen molar-refractivity contribution < 1.29 is 9.53 Å². The summed E-state index contributed by atoms with van der Waals surface area (Å²) in [5.74, 6) is 0.931. The minimum absolute atomic E-state index is 0.0600. The molecule has 1 N–H and O–H groups in total. The molecule has 2 aliphatic heterocycles. The van der Waals surface area contributed by atoms with Gasteiger partial charge in [0, 0.05) is 36.1 Å². The van der Waals surface area contributed by atoms with E-state index in [-0.39, 0.29) is 5.91 Å². The molecule has 1 aromatic carbocycles. The Morgan fingerprint density at radius 2 is 2.08 bits per heavy atom. The van der Waals surface area contributed by atoms with E-state index in [9.17, 15) is 4.79 Å². The standard InChI is InChI=1S/C20H25N3O2S/c1-2-11-25-17-7-3-14(4-8-17)19-22-18(13-26-19)20(24)23-10-9-15-5-6-16(12-23)21-15/h3-4,7-8,13,15-16,21H,2,5-6,9-12H2,1H3. The number of hydrogen-bond acceptors (Lipinski definition) is 5. The van der Waals surface area contributed by atoms with Gasteiger partial charge in [0.25, 0.3) is 5.91 Å². The molecule has 1 amide bonds. The lowest BCUT2D eigenvalue weighted by molar-refractivity contribution is 0.0743. The van der Waals surface area contributed by atoms with Gasteiger partial charge in [0.15, 0.2) is 0 Å². The van der Waals surface area contributed by atoms with Crippen LogP contribution in [0.4, 0.5) is 0 Å². The summed E-state index contributed by atoms with van der Waals surface area (Å²) in [4.78, 5) is 19.4. The van der Waals surface area contributed by atoms with Crippen LogP contribution in [0.5, 0.6) is 5.75 Å². The van der Waals surface area contributed by atoms with E-state index in [1.807, 2.05) is 34.5 Å². The molecule has 2 saturated heterocycles. The van der Waals surface area contributed by atoms with Crippen LogP contribution in [0.15, 0.2) is 29.6 Å². The molecule has 0 radical (unpaired) electrons. The van der Waals surface area contributed by atoms with Crippen molar-refractivity contribution in [2.75, 3.05) is 19.7 Å². The average molecular weight is 372 g/mol. The van der Waals surface area contributed by atoms with E-state index in [1.54, 1.807) is 0 Å². The number of hydrogen-bond donors (Lipinski definition) is 1. The second-order valence-electron chi connectivity index (χ2n) is 7.09. The molecule has 26 heavy (non-hydrogen) atoms. The number of benzene rings is 1. The van der Waals surface area contributed by atoms with E-state index in [0.29, 0.717) is 17.8 Å². The van der Waals surface area contributed by atoms with Crippen molar-refractivity contribution in [2.45, 2.75) is 44.7 Å². The van der Waals surface area contributed by atoms with Crippen LogP contribution in [0.2, 0.25) is 0 Å². The number of carbonyl (C=O) groups is 1. The molecule has 138 valence electrons. The van der Waals surface area contributed by atoms with Gasteiger partial charge in [0.05, 0.1) is 6.61 Å². The van der Waals surface area contributed by atoms with E-state index in [1.165, 1.54) is 24.2 Å². The predicted octanol–water partition coefficient (Wildman–Crippen LogP) is 3.57. The zero-order chi connectivity index (χ0) is 17.9. The van der Waals surface area contributed by atoms with Crippen LogP contribution < -0.4 is 10.1 Å². The molecule has 0 aliphatic carbocycles. The van der Waals surface area contributed by atoms with Crippen LogP contribution in [-0.4, -0.2) is 47.6 Å². The van der Waals surface area contributed by atoms with Gasteiger partial charge in [0.1, 0.15) is 16.5 Å². The van der Waals surface area contributed by atoms with E-state index in [0.717, 1.165) is 48.9 Å². The van der Waals surface area contributed by atoms with Crippen molar-refractivity contribution in [3.8, 4) is 16.3 Å². The van der Waals surface area contributed by atoms with Gasteiger partial charge in [-0.05, 0) is 49.9 Å². The first kappa shape index (κ1) is 17.5. The Morgan fingerprint density at radius 3 is 2.88 bits per heavy atom. The first-order valence-electron chi connectivity index (χ1n) is 9.47. The Hall–Kier alpha value is -1.92. The summed E-state index contributed by atoms with van der Waals surface area (Å²) < 4.78 is 5.62. The molecule has 2 aliphatic rings. The maximum Gasteiger partial charge on any atom is 0.273 e. The van der Waals surface area contributed by atoms with Crippen molar-refractivity contribution in [3.05, 3.63) is 35.3 Å². The van der Waals surface area contributed by atoms with Crippen LogP contribution in [-0.2, 0) is 0 Å². The van der Waals surface area contributed by atoms with Crippen LogP contribution >= 0.6 is 11.3 Å². The third-order valence-corrected chi connectivity index (χ3v) is 6.00. The molecule has 0 spiro atoms. The lowest BCUT2D eigenvalue weighted by atomic mass is 10.1. The third kappa shape index (κ3) is 3.76. The van der Waals surface area contributed by atoms with Crippen LogP contribution in [0, 0.1) is 0 Å². The fraction of sp³-hybridized carbons (Fsp3) is 0.500. The maximum atomic E-state index is 12.9. The quantitative estimate of drug-likeness (QED) is 0.873. The summed E-state index contributed by atoms with van der Waals surface area (Å²) in [6.45, 7) is 4.44. The van der Waals surface area contributed by atoms with Crippen LogP contribution in [0.3, 0.4) is 0 Å². The van der Waals surface area contributed by atoms with E-state index >= 15 is 0 Å².